The van der Waals surface area contributed by atoms with E-state index in [-0.39, 0.29) is 23.4 Å². The fourth-order valence-electron chi connectivity index (χ4n) is 3.05. The number of hydrogen-bond acceptors (Lipinski definition) is 7. The molecule has 0 spiro atoms. The van der Waals surface area contributed by atoms with Crippen LogP contribution in [0.1, 0.15) is 25.3 Å². The molecular weight excluding hydrogens is 328 g/mol. The summed E-state index contributed by atoms with van der Waals surface area (Å²) < 4.78 is 5.30. The number of nitriles is 1. The Morgan fingerprint density at radius 1 is 1.67 bits per heavy atom. The molecular formula is C16H18N4O3S. The Kier molecular flexibility index (Phi) is 4.62. The molecule has 3 heterocycles. The molecule has 1 amide bonds. The number of fused-ring (bicyclic) bond motifs is 1. The summed E-state index contributed by atoms with van der Waals surface area (Å²) in [5.41, 5.74) is 0.439. The fraction of sp³-hybridized carbons (Fsp3) is 0.500. The monoisotopic (exact) mass is 346 g/mol. The number of anilines is 1. The second-order valence-corrected chi connectivity index (χ2v) is 7.37. The standard InChI is InChI=1S/C16H18N4O3S/c1-16-5-4-13(21)20(16)12(10-24-16)15(22)23-8-7-19-14-11(9-17)3-2-6-18-14/h2-3,6,12H,4-5,7-8,10H2,1H3,(H,18,19)/t12-,16+/m1/s1. The molecule has 126 valence electrons. The molecule has 1 aromatic heterocycles. The van der Waals surface area contributed by atoms with E-state index in [0.29, 0.717) is 30.1 Å². The maximum absolute atomic E-state index is 12.3. The zero-order valence-electron chi connectivity index (χ0n) is 13.3. The lowest BCUT2D eigenvalue weighted by molar-refractivity contribution is -0.153. The number of pyridine rings is 1. The number of carbonyl (C=O) groups is 2. The number of aromatic nitrogens is 1. The summed E-state index contributed by atoms with van der Waals surface area (Å²) >= 11 is 1.64. The second kappa shape index (κ2) is 6.69. The molecule has 7 nitrogen and oxygen atoms in total. The van der Waals surface area contributed by atoms with Gasteiger partial charge in [-0.15, -0.1) is 11.8 Å². The SMILES string of the molecule is C[C@]12CCC(=O)N1[C@@H](C(=O)OCCNc1ncccc1C#N)CS2. The lowest BCUT2D eigenvalue weighted by Gasteiger charge is -2.29. The highest BCUT2D eigenvalue weighted by atomic mass is 32.2. The molecule has 2 fully saturated rings. The van der Waals surface area contributed by atoms with Crippen LogP contribution in [0, 0.1) is 11.3 Å². The molecule has 0 aliphatic carbocycles. The van der Waals surface area contributed by atoms with Gasteiger partial charge in [0.2, 0.25) is 5.91 Å². The number of nitrogens with zero attached hydrogens (tertiary/aromatic N) is 3. The summed E-state index contributed by atoms with van der Waals surface area (Å²) in [6.45, 7) is 2.50. The van der Waals surface area contributed by atoms with Crippen molar-refractivity contribution in [3.05, 3.63) is 23.9 Å². The number of rotatable bonds is 5. The van der Waals surface area contributed by atoms with E-state index in [1.54, 1.807) is 35.0 Å². The van der Waals surface area contributed by atoms with E-state index in [1.165, 1.54) is 0 Å². The van der Waals surface area contributed by atoms with Crippen molar-refractivity contribution in [2.45, 2.75) is 30.7 Å². The summed E-state index contributed by atoms with van der Waals surface area (Å²) in [5, 5.41) is 12.0. The number of hydrogen-bond donors (Lipinski definition) is 1. The summed E-state index contributed by atoms with van der Waals surface area (Å²) in [7, 11) is 0. The molecule has 2 aliphatic rings. The highest BCUT2D eigenvalue weighted by molar-refractivity contribution is 8.01. The first kappa shape index (κ1) is 16.6. The highest BCUT2D eigenvalue weighted by Gasteiger charge is 2.53. The quantitative estimate of drug-likeness (QED) is 0.635. The third kappa shape index (κ3) is 3.04. The topological polar surface area (TPSA) is 95.3 Å². The third-order valence-electron chi connectivity index (χ3n) is 4.28. The molecule has 3 rings (SSSR count). The van der Waals surface area contributed by atoms with Crippen LogP contribution in [-0.4, -0.2) is 51.6 Å². The minimum atomic E-state index is -0.500. The van der Waals surface area contributed by atoms with Gasteiger partial charge in [0.1, 0.15) is 24.5 Å². The molecule has 24 heavy (non-hydrogen) atoms. The van der Waals surface area contributed by atoms with Gasteiger partial charge < -0.3 is 15.0 Å². The first-order valence-corrected chi connectivity index (χ1v) is 8.75. The Balaban J connectivity index is 1.50. The average molecular weight is 346 g/mol. The maximum Gasteiger partial charge on any atom is 0.329 e. The van der Waals surface area contributed by atoms with Crippen LogP contribution in [0.25, 0.3) is 0 Å². The van der Waals surface area contributed by atoms with Gasteiger partial charge in [-0.25, -0.2) is 9.78 Å². The van der Waals surface area contributed by atoms with Crippen molar-refractivity contribution in [3.63, 3.8) is 0 Å². The second-order valence-electron chi connectivity index (χ2n) is 5.87. The van der Waals surface area contributed by atoms with Gasteiger partial charge in [0.25, 0.3) is 0 Å². The van der Waals surface area contributed by atoms with E-state index < -0.39 is 6.04 Å². The lowest BCUT2D eigenvalue weighted by atomic mass is 10.2. The van der Waals surface area contributed by atoms with Crippen LogP contribution in [0.2, 0.25) is 0 Å². The molecule has 0 saturated carbocycles. The molecule has 8 heteroatoms. The smallest absolute Gasteiger partial charge is 0.329 e. The number of nitrogens with one attached hydrogen (secondary N) is 1. The average Bonchev–Trinajstić information content (AvgIpc) is 3.08. The van der Waals surface area contributed by atoms with Crippen molar-refractivity contribution in [3.8, 4) is 6.07 Å². The molecule has 2 atom stereocenters. The van der Waals surface area contributed by atoms with Gasteiger partial charge in [0.15, 0.2) is 0 Å². The number of carbonyl (C=O) groups excluding carboxylic acids is 2. The minimum Gasteiger partial charge on any atom is -0.462 e. The van der Waals surface area contributed by atoms with Gasteiger partial charge in [-0.1, -0.05) is 0 Å². The van der Waals surface area contributed by atoms with E-state index in [0.717, 1.165) is 6.42 Å². The molecule has 1 N–H and O–H groups in total. The zero-order chi connectivity index (χ0) is 17.2. The summed E-state index contributed by atoms with van der Waals surface area (Å²) in [5.74, 6) is 0.696. The van der Waals surface area contributed by atoms with Crippen LogP contribution in [0.15, 0.2) is 18.3 Å². The van der Waals surface area contributed by atoms with Crippen molar-refractivity contribution < 1.29 is 14.3 Å². The third-order valence-corrected chi connectivity index (χ3v) is 5.79. The van der Waals surface area contributed by atoms with E-state index in [4.69, 9.17) is 10.00 Å². The minimum absolute atomic E-state index is 0.0229. The Morgan fingerprint density at radius 2 is 2.50 bits per heavy atom. The van der Waals surface area contributed by atoms with Gasteiger partial charge in [0, 0.05) is 18.4 Å². The predicted molar refractivity (Wildman–Crippen MR) is 89.1 cm³/mol. The first-order chi connectivity index (χ1) is 11.5. The van der Waals surface area contributed by atoms with Crippen LogP contribution in [-0.2, 0) is 14.3 Å². The van der Waals surface area contributed by atoms with Crippen molar-refractivity contribution >= 4 is 29.5 Å². The lowest BCUT2D eigenvalue weighted by Crippen LogP contribution is -2.46. The molecule has 0 unspecified atom stereocenters. The molecule has 1 aromatic rings. The molecule has 0 radical (unpaired) electrons. The Labute approximate surface area is 144 Å². The Bertz CT molecular complexity index is 705. The normalized spacial score (nSPS) is 25.2. The van der Waals surface area contributed by atoms with Gasteiger partial charge in [0.05, 0.1) is 17.0 Å². The Morgan fingerprint density at radius 3 is 3.29 bits per heavy atom. The van der Waals surface area contributed by atoms with Gasteiger partial charge in [-0.05, 0) is 25.5 Å². The summed E-state index contributed by atoms with van der Waals surface area (Å²) in [6.07, 6.45) is 2.86. The van der Waals surface area contributed by atoms with Gasteiger partial charge in [-0.2, -0.15) is 5.26 Å². The molecule has 0 aromatic carbocycles. The number of esters is 1. The largest absolute Gasteiger partial charge is 0.462 e. The van der Waals surface area contributed by atoms with E-state index in [1.807, 2.05) is 13.0 Å². The summed E-state index contributed by atoms with van der Waals surface area (Å²) in [6, 6.07) is 4.89. The number of thioether (sulfide) groups is 1. The number of ether oxygens (including phenoxy) is 1. The fourth-order valence-corrected chi connectivity index (χ4v) is 4.47. The molecule has 0 bridgehead atoms. The maximum atomic E-state index is 12.3. The Hall–Kier alpha value is -2.27. The summed E-state index contributed by atoms with van der Waals surface area (Å²) in [4.78, 5) is 29.8. The van der Waals surface area contributed by atoms with Crippen molar-refractivity contribution in [2.75, 3.05) is 24.2 Å². The molecule has 2 saturated heterocycles. The van der Waals surface area contributed by atoms with Gasteiger partial charge in [-0.3, -0.25) is 4.79 Å². The van der Waals surface area contributed by atoms with E-state index in [9.17, 15) is 9.59 Å². The van der Waals surface area contributed by atoms with Crippen LogP contribution in [0.5, 0.6) is 0 Å². The van der Waals surface area contributed by atoms with Crippen LogP contribution in [0.3, 0.4) is 0 Å². The predicted octanol–water partition coefficient (Wildman–Crippen LogP) is 1.36. The highest BCUT2D eigenvalue weighted by Crippen LogP contribution is 2.47. The van der Waals surface area contributed by atoms with Crippen LogP contribution < -0.4 is 5.32 Å². The van der Waals surface area contributed by atoms with Crippen molar-refractivity contribution in [1.82, 2.24) is 9.88 Å². The first-order valence-electron chi connectivity index (χ1n) is 7.77. The van der Waals surface area contributed by atoms with Crippen molar-refractivity contribution in [1.29, 1.82) is 5.26 Å². The zero-order valence-corrected chi connectivity index (χ0v) is 14.1. The van der Waals surface area contributed by atoms with E-state index in [2.05, 4.69) is 10.3 Å². The molecule has 2 aliphatic heterocycles. The van der Waals surface area contributed by atoms with Gasteiger partial charge >= 0.3 is 5.97 Å². The van der Waals surface area contributed by atoms with E-state index >= 15 is 0 Å². The van der Waals surface area contributed by atoms with Crippen LogP contribution >= 0.6 is 11.8 Å². The van der Waals surface area contributed by atoms with Crippen molar-refractivity contribution in [2.24, 2.45) is 0 Å². The number of amides is 1. The van der Waals surface area contributed by atoms with Crippen LogP contribution in [0.4, 0.5) is 5.82 Å².